The Morgan fingerprint density at radius 3 is 2.47 bits per heavy atom. The second-order valence-electron chi connectivity index (χ2n) is 9.04. The number of amides is 2. The highest BCUT2D eigenvalue weighted by Crippen LogP contribution is 2.25. The first kappa shape index (κ1) is 25.0. The summed E-state index contributed by atoms with van der Waals surface area (Å²) in [6.07, 6.45) is 4.00. The van der Waals surface area contributed by atoms with E-state index in [0.29, 0.717) is 29.1 Å². The van der Waals surface area contributed by atoms with Gasteiger partial charge in [-0.15, -0.1) is 5.10 Å². The van der Waals surface area contributed by atoms with Gasteiger partial charge in [-0.3, -0.25) is 14.6 Å². The molecule has 4 aromatic rings. The third-order valence-corrected chi connectivity index (χ3v) is 5.89. The van der Waals surface area contributed by atoms with E-state index >= 15 is 0 Å². The first-order valence-corrected chi connectivity index (χ1v) is 11.9. The molecule has 0 fully saturated rings. The highest BCUT2D eigenvalue weighted by atomic mass is 19.1. The van der Waals surface area contributed by atoms with Gasteiger partial charge in [0.25, 0.3) is 0 Å². The number of nitrogens with zero attached hydrogens (tertiary/aromatic N) is 5. The molecule has 2 heterocycles. The summed E-state index contributed by atoms with van der Waals surface area (Å²) >= 11 is 0. The van der Waals surface area contributed by atoms with Crippen LogP contribution in [-0.4, -0.2) is 43.2 Å². The molecule has 0 unspecified atom stereocenters. The largest absolute Gasteiger partial charge is 0.354 e. The minimum absolute atomic E-state index is 0.107. The van der Waals surface area contributed by atoms with Crippen molar-refractivity contribution in [3.8, 4) is 0 Å². The Morgan fingerprint density at radius 1 is 1.03 bits per heavy atom. The van der Waals surface area contributed by atoms with E-state index in [4.69, 9.17) is 0 Å². The average Bonchev–Trinajstić information content (AvgIpc) is 3.28. The van der Waals surface area contributed by atoms with Crippen LogP contribution in [0.25, 0.3) is 11.0 Å². The van der Waals surface area contributed by atoms with E-state index in [-0.39, 0.29) is 30.7 Å². The van der Waals surface area contributed by atoms with Crippen molar-refractivity contribution in [2.45, 2.75) is 39.4 Å². The van der Waals surface area contributed by atoms with E-state index in [1.165, 1.54) is 21.7 Å². The number of aromatic nitrogens is 4. The maximum absolute atomic E-state index is 13.8. The molecule has 0 aliphatic rings. The van der Waals surface area contributed by atoms with Crippen LogP contribution < -0.4 is 5.32 Å². The fourth-order valence-electron chi connectivity index (χ4n) is 3.96. The summed E-state index contributed by atoms with van der Waals surface area (Å²) < 4.78 is 15.1. The van der Waals surface area contributed by atoms with E-state index in [1.54, 1.807) is 36.7 Å². The molecule has 1 N–H and O–H groups in total. The number of carbonyl (C=O) groups is 2. The zero-order valence-electron chi connectivity index (χ0n) is 20.3. The van der Waals surface area contributed by atoms with Crippen LogP contribution in [0.15, 0.2) is 73.1 Å². The molecular formula is C27H29FN6O2. The summed E-state index contributed by atoms with van der Waals surface area (Å²) in [6.45, 7) is 4.65. The standard InChI is InChI=1S/C27H29FN6O2/c1-19(2)11-16-30-27(36)26(21-12-14-29-15-13-21)33(17-20-7-9-22(28)10-8-20)25(35)18-34-24-6-4-3-5-23(24)31-32-34/h3-10,12-15,19,26H,11,16-18H2,1-2H3,(H,30,36)/t26-/m0/s1. The SMILES string of the molecule is CC(C)CCNC(=O)[C@H](c1ccncc1)N(Cc1ccc(F)cc1)C(=O)Cn1nnc2ccccc21. The summed E-state index contributed by atoms with van der Waals surface area (Å²) in [4.78, 5) is 32.9. The van der Waals surface area contributed by atoms with Gasteiger partial charge in [-0.2, -0.15) is 0 Å². The monoisotopic (exact) mass is 488 g/mol. The van der Waals surface area contributed by atoms with E-state index in [2.05, 4.69) is 34.5 Å². The van der Waals surface area contributed by atoms with Gasteiger partial charge in [0.1, 0.15) is 23.9 Å². The zero-order chi connectivity index (χ0) is 25.5. The topological polar surface area (TPSA) is 93.0 Å². The first-order chi connectivity index (χ1) is 17.4. The quantitative estimate of drug-likeness (QED) is 0.366. The maximum atomic E-state index is 13.8. The first-order valence-electron chi connectivity index (χ1n) is 11.9. The van der Waals surface area contributed by atoms with E-state index < -0.39 is 6.04 Å². The Kier molecular flexibility index (Phi) is 7.99. The second kappa shape index (κ2) is 11.5. The van der Waals surface area contributed by atoms with Gasteiger partial charge in [0.2, 0.25) is 11.8 Å². The van der Waals surface area contributed by atoms with Gasteiger partial charge in [0, 0.05) is 25.5 Å². The Balaban J connectivity index is 1.69. The highest BCUT2D eigenvalue weighted by Gasteiger charge is 2.32. The molecule has 4 rings (SSSR count). The number of carbonyl (C=O) groups excluding carboxylic acids is 2. The normalized spacial score (nSPS) is 12.0. The molecule has 0 radical (unpaired) electrons. The third-order valence-electron chi connectivity index (χ3n) is 5.89. The van der Waals surface area contributed by atoms with Gasteiger partial charge in [0.15, 0.2) is 0 Å². The van der Waals surface area contributed by atoms with Crippen molar-refractivity contribution in [1.29, 1.82) is 0 Å². The molecule has 36 heavy (non-hydrogen) atoms. The van der Waals surface area contributed by atoms with Gasteiger partial charge in [0.05, 0.1) is 5.52 Å². The molecule has 0 aliphatic carbocycles. The summed E-state index contributed by atoms with van der Waals surface area (Å²) in [7, 11) is 0. The molecular weight excluding hydrogens is 459 g/mol. The number of pyridine rings is 1. The Labute approximate surface area is 209 Å². The Bertz CT molecular complexity index is 1310. The van der Waals surface area contributed by atoms with Crippen molar-refractivity contribution in [1.82, 2.24) is 30.2 Å². The number of hydrogen-bond donors (Lipinski definition) is 1. The van der Waals surface area contributed by atoms with Gasteiger partial charge >= 0.3 is 0 Å². The van der Waals surface area contributed by atoms with Crippen LogP contribution in [0, 0.1) is 11.7 Å². The lowest BCUT2D eigenvalue weighted by atomic mass is 10.0. The van der Waals surface area contributed by atoms with E-state index in [0.717, 1.165) is 11.9 Å². The van der Waals surface area contributed by atoms with Crippen LogP contribution in [0.1, 0.15) is 37.4 Å². The van der Waals surface area contributed by atoms with Crippen molar-refractivity contribution >= 4 is 22.8 Å². The molecule has 0 spiro atoms. The number of para-hydroxylation sites is 1. The predicted molar refractivity (Wildman–Crippen MR) is 134 cm³/mol. The summed E-state index contributed by atoms with van der Waals surface area (Å²) in [5, 5.41) is 11.3. The number of hydrogen-bond acceptors (Lipinski definition) is 5. The van der Waals surface area contributed by atoms with Crippen molar-refractivity contribution in [2.75, 3.05) is 6.54 Å². The molecule has 0 aliphatic heterocycles. The van der Waals surface area contributed by atoms with Crippen molar-refractivity contribution in [2.24, 2.45) is 5.92 Å². The highest BCUT2D eigenvalue weighted by molar-refractivity contribution is 5.89. The van der Waals surface area contributed by atoms with E-state index in [9.17, 15) is 14.0 Å². The van der Waals surface area contributed by atoms with Crippen LogP contribution in [-0.2, 0) is 22.7 Å². The van der Waals surface area contributed by atoms with Crippen molar-refractivity contribution < 1.29 is 14.0 Å². The average molecular weight is 489 g/mol. The number of benzene rings is 2. The van der Waals surface area contributed by atoms with Crippen LogP contribution in [0.5, 0.6) is 0 Å². The summed E-state index contributed by atoms with van der Waals surface area (Å²) in [6, 6.07) is 15.8. The molecule has 2 aromatic heterocycles. The van der Waals surface area contributed by atoms with Gasteiger partial charge in [-0.05, 0) is 59.9 Å². The van der Waals surface area contributed by atoms with Crippen LogP contribution >= 0.6 is 0 Å². The number of rotatable bonds is 10. The maximum Gasteiger partial charge on any atom is 0.247 e. The molecule has 0 bridgehead atoms. The lowest BCUT2D eigenvalue weighted by Crippen LogP contribution is -2.45. The molecule has 0 saturated heterocycles. The van der Waals surface area contributed by atoms with Crippen molar-refractivity contribution in [3.63, 3.8) is 0 Å². The number of nitrogens with one attached hydrogen (secondary N) is 1. The van der Waals surface area contributed by atoms with Gasteiger partial charge in [-0.1, -0.05) is 43.3 Å². The lowest BCUT2D eigenvalue weighted by Gasteiger charge is -2.31. The predicted octanol–water partition coefficient (Wildman–Crippen LogP) is 3.90. The number of halogens is 1. The molecule has 8 nitrogen and oxygen atoms in total. The molecule has 1 atom stereocenters. The molecule has 0 saturated carbocycles. The smallest absolute Gasteiger partial charge is 0.247 e. The minimum Gasteiger partial charge on any atom is -0.354 e. The lowest BCUT2D eigenvalue weighted by molar-refractivity contribution is -0.142. The zero-order valence-corrected chi connectivity index (χ0v) is 20.3. The molecule has 186 valence electrons. The fourth-order valence-corrected chi connectivity index (χ4v) is 3.96. The Hall–Kier alpha value is -4.14. The molecule has 2 aromatic carbocycles. The van der Waals surface area contributed by atoms with Gasteiger partial charge < -0.3 is 10.2 Å². The molecule has 2 amide bonds. The number of fused-ring (bicyclic) bond motifs is 1. The molecule has 9 heteroatoms. The Morgan fingerprint density at radius 2 is 1.75 bits per heavy atom. The van der Waals surface area contributed by atoms with Gasteiger partial charge in [-0.25, -0.2) is 9.07 Å². The van der Waals surface area contributed by atoms with Crippen molar-refractivity contribution in [3.05, 3.63) is 90.0 Å². The third kappa shape index (κ3) is 6.10. The van der Waals surface area contributed by atoms with Crippen LogP contribution in [0.3, 0.4) is 0 Å². The summed E-state index contributed by atoms with van der Waals surface area (Å²) in [5.74, 6) is -0.568. The van der Waals surface area contributed by atoms with Crippen LogP contribution in [0.4, 0.5) is 4.39 Å². The van der Waals surface area contributed by atoms with E-state index in [1.807, 2.05) is 24.3 Å². The van der Waals surface area contributed by atoms with Crippen LogP contribution in [0.2, 0.25) is 0 Å². The second-order valence-corrected chi connectivity index (χ2v) is 9.04. The fraction of sp³-hybridized carbons (Fsp3) is 0.296. The summed E-state index contributed by atoms with van der Waals surface area (Å²) in [5.41, 5.74) is 2.72. The minimum atomic E-state index is -0.910.